The highest BCUT2D eigenvalue weighted by Crippen LogP contribution is 2.28. The molecule has 1 aromatic rings. The molecule has 0 saturated carbocycles. The van der Waals surface area contributed by atoms with Gasteiger partial charge < -0.3 is 19.9 Å². The fourth-order valence-corrected chi connectivity index (χ4v) is 4.29. The lowest BCUT2D eigenvalue weighted by Gasteiger charge is -2.46. The molecule has 2 fully saturated rings. The van der Waals surface area contributed by atoms with E-state index in [2.05, 4.69) is 21.8 Å². The van der Waals surface area contributed by atoms with Crippen LogP contribution in [0.4, 0.5) is 0 Å². The summed E-state index contributed by atoms with van der Waals surface area (Å²) in [6.45, 7) is 7.44. The predicted molar refractivity (Wildman–Crippen MR) is 99.3 cm³/mol. The van der Waals surface area contributed by atoms with Crippen molar-refractivity contribution < 1.29 is 14.7 Å². The van der Waals surface area contributed by atoms with Gasteiger partial charge in [-0.1, -0.05) is 0 Å². The topological polar surface area (TPSA) is 79.9 Å². The number of aromatic amines is 1. The third-order valence-corrected chi connectivity index (χ3v) is 5.90. The SMILES string of the molecule is Cc1[nH]ccc1C(=O)N1CCC(N2CCN(C)CC2)C(CCC(=O)O)C1. The second-order valence-electron chi connectivity index (χ2n) is 7.66. The number of amides is 1. The minimum absolute atomic E-state index is 0.0564. The van der Waals surface area contributed by atoms with Crippen LogP contribution in [0.25, 0.3) is 0 Å². The van der Waals surface area contributed by atoms with E-state index in [0.29, 0.717) is 19.0 Å². The molecule has 0 spiro atoms. The molecule has 0 aliphatic carbocycles. The number of aryl methyl sites for hydroxylation is 1. The van der Waals surface area contributed by atoms with E-state index in [1.54, 1.807) is 6.20 Å². The molecular weight excluding hydrogens is 332 g/mol. The Bertz CT molecular complexity index is 636. The number of carboxylic acid groups (broad SMARTS) is 1. The molecule has 0 aromatic carbocycles. The first-order valence-corrected chi connectivity index (χ1v) is 9.53. The Hall–Kier alpha value is -1.86. The van der Waals surface area contributed by atoms with Crippen LogP contribution in [0, 0.1) is 12.8 Å². The zero-order valence-electron chi connectivity index (χ0n) is 15.8. The quantitative estimate of drug-likeness (QED) is 0.824. The molecule has 0 radical (unpaired) electrons. The van der Waals surface area contributed by atoms with Crippen molar-refractivity contribution in [2.45, 2.75) is 32.2 Å². The molecule has 1 amide bonds. The molecular formula is C19H30N4O3. The van der Waals surface area contributed by atoms with E-state index in [1.165, 1.54) is 0 Å². The van der Waals surface area contributed by atoms with Gasteiger partial charge in [0.05, 0.1) is 5.56 Å². The second-order valence-corrected chi connectivity index (χ2v) is 7.66. The van der Waals surface area contributed by atoms with Gasteiger partial charge in [-0.25, -0.2) is 0 Å². The van der Waals surface area contributed by atoms with Crippen LogP contribution in [0.15, 0.2) is 12.3 Å². The van der Waals surface area contributed by atoms with Crippen molar-refractivity contribution in [3.8, 4) is 0 Å². The van der Waals surface area contributed by atoms with Crippen molar-refractivity contribution in [2.24, 2.45) is 5.92 Å². The molecule has 3 rings (SSSR count). The largest absolute Gasteiger partial charge is 0.481 e. The molecule has 2 aliphatic rings. The summed E-state index contributed by atoms with van der Waals surface area (Å²) in [4.78, 5) is 33.8. The number of hydrogen-bond donors (Lipinski definition) is 2. The lowest BCUT2D eigenvalue weighted by molar-refractivity contribution is -0.137. The van der Waals surface area contributed by atoms with Crippen molar-refractivity contribution in [3.63, 3.8) is 0 Å². The number of H-pyrrole nitrogens is 1. The van der Waals surface area contributed by atoms with E-state index in [-0.39, 0.29) is 18.2 Å². The van der Waals surface area contributed by atoms with E-state index in [0.717, 1.165) is 50.4 Å². The summed E-state index contributed by atoms with van der Waals surface area (Å²) in [5.41, 5.74) is 1.61. The van der Waals surface area contributed by atoms with E-state index in [4.69, 9.17) is 5.11 Å². The average molecular weight is 362 g/mol. The zero-order chi connectivity index (χ0) is 18.7. The van der Waals surface area contributed by atoms with E-state index < -0.39 is 5.97 Å². The smallest absolute Gasteiger partial charge is 0.303 e. The molecule has 1 aromatic heterocycles. The minimum atomic E-state index is -0.757. The molecule has 2 N–H and O–H groups in total. The van der Waals surface area contributed by atoms with Gasteiger partial charge in [0, 0.05) is 63.6 Å². The summed E-state index contributed by atoms with van der Waals surface area (Å²) >= 11 is 0. The van der Waals surface area contributed by atoms with Crippen LogP contribution < -0.4 is 0 Å². The number of hydrogen-bond acceptors (Lipinski definition) is 4. The number of nitrogens with one attached hydrogen (secondary N) is 1. The Morgan fingerprint density at radius 2 is 1.96 bits per heavy atom. The van der Waals surface area contributed by atoms with Crippen LogP contribution >= 0.6 is 0 Å². The van der Waals surface area contributed by atoms with Gasteiger partial charge in [0.15, 0.2) is 0 Å². The van der Waals surface area contributed by atoms with Crippen LogP contribution in [-0.4, -0.2) is 89.0 Å². The number of aliphatic carboxylic acids is 1. The van der Waals surface area contributed by atoms with E-state index in [1.807, 2.05) is 17.9 Å². The minimum Gasteiger partial charge on any atom is -0.481 e. The number of likely N-dealkylation sites (tertiary alicyclic amines) is 1. The van der Waals surface area contributed by atoms with Crippen molar-refractivity contribution >= 4 is 11.9 Å². The monoisotopic (exact) mass is 362 g/mol. The lowest BCUT2D eigenvalue weighted by Crippen LogP contribution is -2.57. The number of carbonyl (C=O) groups excluding carboxylic acids is 1. The highest BCUT2D eigenvalue weighted by molar-refractivity contribution is 5.95. The number of rotatable bonds is 5. The molecule has 7 nitrogen and oxygen atoms in total. The van der Waals surface area contributed by atoms with Crippen molar-refractivity contribution in [2.75, 3.05) is 46.3 Å². The molecule has 7 heteroatoms. The maximum absolute atomic E-state index is 12.9. The number of carboxylic acids is 1. The van der Waals surface area contributed by atoms with Gasteiger partial charge in [-0.2, -0.15) is 0 Å². The first-order valence-electron chi connectivity index (χ1n) is 9.53. The van der Waals surface area contributed by atoms with Crippen LogP contribution in [-0.2, 0) is 4.79 Å². The Labute approximate surface area is 154 Å². The Morgan fingerprint density at radius 3 is 2.58 bits per heavy atom. The summed E-state index contributed by atoms with van der Waals surface area (Å²) < 4.78 is 0. The molecule has 2 saturated heterocycles. The summed E-state index contributed by atoms with van der Waals surface area (Å²) in [7, 11) is 2.14. The fourth-order valence-electron chi connectivity index (χ4n) is 4.29. The van der Waals surface area contributed by atoms with Crippen molar-refractivity contribution in [1.29, 1.82) is 0 Å². The summed E-state index contributed by atoms with van der Waals surface area (Å²) in [5.74, 6) is -0.487. The number of likely N-dealkylation sites (N-methyl/N-ethyl adjacent to an activating group) is 1. The summed E-state index contributed by atoms with van der Waals surface area (Å²) in [6.07, 6.45) is 3.51. The normalized spacial score (nSPS) is 25.4. The van der Waals surface area contributed by atoms with Gasteiger partial charge in [0.25, 0.3) is 5.91 Å². The highest BCUT2D eigenvalue weighted by atomic mass is 16.4. The third kappa shape index (κ3) is 4.27. The number of aromatic nitrogens is 1. The predicted octanol–water partition coefficient (Wildman–Crippen LogP) is 1.27. The zero-order valence-corrected chi connectivity index (χ0v) is 15.8. The number of nitrogens with zero attached hydrogens (tertiary/aromatic N) is 3. The maximum Gasteiger partial charge on any atom is 0.303 e. The molecule has 26 heavy (non-hydrogen) atoms. The van der Waals surface area contributed by atoms with Gasteiger partial charge in [-0.3, -0.25) is 14.5 Å². The molecule has 0 bridgehead atoms. The lowest BCUT2D eigenvalue weighted by atomic mass is 9.86. The second kappa shape index (κ2) is 8.22. The summed E-state index contributed by atoms with van der Waals surface area (Å²) in [5, 5.41) is 9.13. The number of piperidine rings is 1. The highest BCUT2D eigenvalue weighted by Gasteiger charge is 2.36. The van der Waals surface area contributed by atoms with Crippen LogP contribution in [0.5, 0.6) is 0 Å². The Balaban J connectivity index is 1.69. The van der Waals surface area contributed by atoms with Crippen molar-refractivity contribution in [1.82, 2.24) is 19.7 Å². The van der Waals surface area contributed by atoms with E-state index in [9.17, 15) is 9.59 Å². The van der Waals surface area contributed by atoms with Gasteiger partial charge >= 0.3 is 5.97 Å². The Kier molecular flexibility index (Phi) is 5.98. The maximum atomic E-state index is 12.9. The number of carbonyl (C=O) groups is 2. The molecule has 2 atom stereocenters. The third-order valence-electron chi connectivity index (χ3n) is 5.90. The van der Waals surface area contributed by atoms with Crippen LogP contribution in [0.1, 0.15) is 35.3 Å². The average Bonchev–Trinajstić information content (AvgIpc) is 3.06. The number of piperazine rings is 1. The standard InChI is InChI=1S/C19H30N4O3/c1-14-16(5-7-20-14)19(26)23-8-6-17(15(13-23)3-4-18(24)25)22-11-9-21(2)10-12-22/h5,7,15,17,20H,3-4,6,8-13H2,1-2H3,(H,24,25). The molecule has 144 valence electrons. The van der Waals surface area contributed by atoms with Gasteiger partial charge in [-0.05, 0) is 38.8 Å². The first-order chi connectivity index (χ1) is 12.5. The molecule has 2 unspecified atom stereocenters. The molecule has 3 heterocycles. The first kappa shape index (κ1) is 18.9. The van der Waals surface area contributed by atoms with Gasteiger partial charge in [0.1, 0.15) is 0 Å². The Morgan fingerprint density at radius 1 is 1.23 bits per heavy atom. The van der Waals surface area contributed by atoms with Gasteiger partial charge in [0.2, 0.25) is 0 Å². The van der Waals surface area contributed by atoms with E-state index >= 15 is 0 Å². The fraction of sp³-hybridized carbons (Fsp3) is 0.684. The summed E-state index contributed by atoms with van der Waals surface area (Å²) in [6, 6.07) is 2.20. The molecule has 2 aliphatic heterocycles. The van der Waals surface area contributed by atoms with Crippen LogP contribution in [0.2, 0.25) is 0 Å². The van der Waals surface area contributed by atoms with Gasteiger partial charge in [-0.15, -0.1) is 0 Å². The van der Waals surface area contributed by atoms with Crippen LogP contribution in [0.3, 0.4) is 0 Å². The van der Waals surface area contributed by atoms with Crippen molar-refractivity contribution in [3.05, 3.63) is 23.5 Å².